The van der Waals surface area contributed by atoms with Crippen molar-refractivity contribution in [1.29, 1.82) is 0 Å². The molecular weight excluding hydrogens is 236 g/mol. The van der Waals surface area contributed by atoms with E-state index >= 15 is 0 Å². The Hall–Kier alpha value is -0.280. The van der Waals surface area contributed by atoms with Gasteiger partial charge in [-0.25, -0.2) is 0 Å². The Labute approximate surface area is 112 Å². The van der Waals surface area contributed by atoms with Gasteiger partial charge in [0.2, 0.25) is 5.91 Å². The van der Waals surface area contributed by atoms with Crippen molar-refractivity contribution in [3.63, 3.8) is 0 Å². The van der Waals surface area contributed by atoms with Gasteiger partial charge in [-0.1, -0.05) is 33.1 Å². The summed E-state index contributed by atoms with van der Waals surface area (Å²) in [5.41, 5.74) is 0. The van der Waals surface area contributed by atoms with Gasteiger partial charge in [-0.2, -0.15) is 0 Å². The summed E-state index contributed by atoms with van der Waals surface area (Å²) in [6.45, 7) is 4.23. The molecule has 0 aromatic heterocycles. The van der Waals surface area contributed by atoms with E-state index in [0.717, 1.165) is 0 Å². The molecule has 1 aliphatic carbocycles. The van der Waals surface area contributed by atoms with Gasteiger partial charge in [-0.15, -0.1) is 12.4 Å². The zero-order valence-electron chi connectivity index (χ0n) is 11.5. The largest absolute Gasteiger partial charge is 0.347 e. The van der Waals surface area contributed by atoms with Crippen LogP contribution in [-0.4, -0.2) is 37.0 Å². The van der Waals surface area contributed by atoms with Crippen LogP contribution in [0.1, 0.15) is 46.0 Å². The summed E-state index contributed by atoms with van der Waals surface area (Å²) in [6, 6.07) is 0.531. The molecule has 1 rings (SSSR count). The van der Waals surface area contributed by atoms with Gasteiger partial charge in [0.25, 0.3) is 0 Å². The molecule has 1 aliphatic rings. The lowest BCUT2D eigenvalue weighted by molar-refractivity contribution is -0.132. The number of carbonyl (C=O) groups is 1. The van der Waals surface area contributed by atoms with Gasteiger partial charge in [0.1, 0.15) is 0 Å². The first-order chi connectivity index (χ1) is 7.52. The number of amides is 1. The van der Waals surface area contributed by atoms with E-state index in [1.165, 1.54) is 32.1 Å². The van der Waals surface area contributed by atoms with Crippen molar-refractivity contribution < 1.29 is 4.79 Å². The predicted molar refractivity (Wildman–Crippen MR) is 74.6 cm³/mol. The standard InChI is InChI=1S/C13H26N2O.ClH/c1-10(2)12(13(16)15(3)4)14-11-8-6-5-7-9-11;/h10-12,14H,5-9H2,1-4H3;1H. The van der Waals surface area contributed by atoms with E-state index < -0.39 is 0 Å². The second-order valence-electron chi connectivity index (χ2n) is 5.46. The molecule has 0 heterocycles. The molecule has 102 valence electrons. The van der Waals surface area contributed by atoms with Gasteiger partial charge in [0.15, 0.2) is 0 Å². The van der Waals surface area contributed by atoms with Gasteiger partial charge in [0, 0.05) is 20.1 Å². The van der Waals surface area contributed by atoms with Crippen LogP contribution >= 0.6 is 12.4 Å². The van der Waals surface area contributed by atoms with Crippen LogP contribution < -0.4 is 5.32 Å². The van der Waals surface area contributed by atoms with Crippen LogP contribution in [0.4, 0.5) is 0 Å². The third-order valence-corrected chi connectivity index (χ3v) is 3.39. The molecule has 1 atom stereocenters. The summed E-state index contributed by atoms with van der Waals surface area (Å²) in [5.74, 6) is 0.567. The Morgan fingerprint density at radius 1 is 1.18 bits per heavy atom. The number of hydrogen-bond acceptors (Lipinski definition) is 2. The minimum absolute atomic E-state index is 0. The van der Waals surface area contributed by atoms with Gasteiger partial charge in [0.05, 0.1) is 6.04 Å². The fourth-order valence-corrected chi connectivity index (χ4v) is 2.35. The molecule has 0 radical (unpaired) electrons. The lowest BCUT2D eigenvalue weighted by Gasteiger charge is -2.31. The molecule has 0 aliphatic heterocycles. The van der Waals surface area contributed by atoms with Crippen molar-refractivity contribution in [3.8, 4) is 0 Å². The Morgan fingerprint density at radius 2 is 1.71 bits per heavy atom. The van der Waals surface area contributed by atoms with E-state index in [9.17, 15) is 4.79 Å². The molecule has 4 heteroatoms. The molecule has 1 amide bonds. The number of rotatable bonds is 4. The van der Waals surface area contributed by atoms with Gasteiger partial charge < -0.3 is 10.2 Å². The average Bonchev–Trinajstić information content (AvgIpc) is 2.26. The quantitative estimate of drug-likeness (QED) is 0.844. The molecule has 1 saturated carbocycles. The minimum Gasteiger partial charge on any atom is -0.347 e. The first kappa shape index (κ1) is 16.7. The topological polar surface area (TPSA) is 32.3 Å². The molecule has 0 aromatic rings. The Morgan fingerprint density at radius 3 is 2.12 bits per heavy atom. The number of hydrogen-bond donors (Lipinski definition) is 1. The highest BCUT2D eigenvalue weighted by molar-refractivity contribution is 5.85. The molecule has 1 fully saturated rings. The number of halogens is 1. The summed E-state index contributed by atoms with van der Waals surface area (Å²) in [6.07, 6.45) is 6.41. The highest BCUT2D eigenvalue weighted by Gasteiger charge is 2.26. The van der Waals surface area contributed by atoms with E-state index in [-0.39, 0.29) is 24.4 Å². The van der Waals surface area contributed by atoms with E-state index in [4.69, 9.17) is 0 Å². The summed E-state index contributed by atoms with van der Waals surface area (Å²) in [5, 5.41) is 3.55. The lowest BCUT2D eigenvalue weighted by Crippen LogP contribution is -2.51. The Balaban J connectivity index is 0.00000256. The zero-order valence-corrected chi connectivity index (χ0v) is 12.3. The Kier molecular flexibility index (Phi) is 7.80. The molecule has 17 heavy (non-hydrogen) atoms. The van der Waals surface area contributed by atoms with Crippen LogP contribution in [0.15, 0.2) is 0 Å². The maximum atomic E-state index is 12.0. The van der Waals surface area contributed by atoms with Crippen molar-refractivity contribution >= 4 is 18.3 Å². The van der Waals surface area contributed by atoms with Crippen LogP contribution in [0.5, 0.6) is 0 Å². The van der Waals surface area contributed by atoms with Crippen LogP contribution in [0, 0.1) is 5.92 Å². The molecule has 1 N–H and O–H groups in total. The normalized spacial score (nSPS) is 18.6. The van der Waals surface area contributed by atoms with Crippen molar-refractivity contribution in [2.45, 2.75) is 58.0 Å². The fraction of sp³-hybridized carbons (Fsp3) is 0.923. The molecule has 1 unspecified atom stereocenters. The smallest absolute Gasteiger partial charge is 0.239 e. The van der Waals surface area contributed by atoms with Crippen molar-refractivity contribution in [3.05, 3.63) is 0 Å². The maximum Gasteiger partial charge on any atom is 0.239 e. The average molecular weight is 263 g/mol. The van der Waals surface area contributed by atoms with E-state index in [2.05, 4.69) is 19.2 Å². The number of nitrogens with one attached hydrogen (secondary N) is 1. The summed E-state index contributed by atoms with van der Waals surface area (Å²) in [7, 11) is 3.67. The van der Waals surface area contributed by atoms with Crippen molar-refractivity contribution in [2.24, 2.45) is 5.92 Å². The first-order valence-electron chi connectivity index (χ1n) is 6.49. The number of carbonyl (C=O) groups excluding carboxylic acids is 1. The van der Waals surface area contributed by atoms with Crippen LogP contribution in [0.2, 0.25) is 0 Å². The predicted octanol–water partition coefficient (Wildman–Crippen LogP) is 2.44. The van der Waals surface area contributed by atoms with Crippen molar-refractivity contribution in [2.75, 3.05) is 14.1 Å². The maximum absolute atomic E-state index is 12.0. The fourth-order valence-electron chi connectivity index (χ4n) is 2.35. The van der Waals surface area contributed by atoms with Crippen LogP contribution in [0.25, 0.3) is 0 Å². The molecule has 0 spiro atoms. The molecule has 0 saturated heterocycles. The summed E-state index contributed by atoms with van der Waals surface area (Å²) < 4.78 is 0. The zero-order chi connectivity index (χ0) is 12.1. The Bertz CT molecular complexity index is 225. The van der Waals surface area contributed by atoms with Gasteiger partial charge in [-0.05, 0) is 18.8 Å². The molecular formula is C13H27ClN2O. The van der Waals surface area contributed by atoms with Crippen molar-refractivity contribution in [1.82, 2.24) is 10.2 Å². The third kappa shape index (κ3) is 5.26. The number of nitrogens with zero attached hydrogens (tertiary/aromatic N) is 1. The molecule has 0 bridgehead atoms. The SMILES string of the molecule is CC(C)C(NC1CCCCC1)C(=O)N(C)C.Cl. The third-order valence-electron chi connectivity index (χ3n) is 3.39. The first-order valence-corrected chi connectivity index (χ1v) is 6.49. The van der Waals surface area contributed by atoms with E-state index in [1.54, 1.807) is 4.90 Å². The summed E-state index contributed by atoms with van der Waals surface area (Å²) >= 11 is 0. The van der Waals surface area contributed by atoms with E-state index in [0.29, 0.717) is 12.0 Å². The van der Waals surface area contributed by atoms with Gasteiger partial charge in [-0.3, -0.25) is 4.79 Å². The van der Waals surface area contributed by atoms with Crippen LogP contribution in [0.3, 0.4) is 0 Å². The second-order valence-corrected chi connectivity index (χ2v) is 5.46. The molecule has 0 aromatic carbocycles. The minimum atomic E-state index is -0.0156. The van der Waals surface area contributed by atoms with E-state index in [1.807, 2.05) is 14.1 Å². The lowest BCUT2D eigenvalue weighted by atomic mass is 9.93. The second kappa shape index (κ2) is 7.93. The molecule has 3 nitrogen and oxygen atoms in total. The van der Waals surface area contributed by atoms with Gasteiger partial charge >= 0.3 is 0 Å². The monoisotopic (exact) mass is 262 g/mol. The van der Waals surface area contributed by atoms with Crippen LogP contribution in [-0.2, 0) is 4.79 Å². The number of likely N-dealkylation sites (N-methyl/N-ethyl adjacent to an activating group) is 1. The summed E-state index contributed by atoms with van der Waals surface area (Å²) in [4.78, 5) is 13.7. The highest BCUT2D eigenvalue weighted by Crippen LogP contribution is 2.19. The highest BCUT2D eigenvalue weighted by atomic mass is 35.5.